The lowest BCUT2D eigenvalue weighted by Gasteiger charge is -2.12. The number of aliphatic hydroxyl groups excluding tert-OH is 1. The third-order valence-corrected chi connectivity index (χ3v) is 5.43. The Bertz CT molecular complexity index is 895. The van der Waals surface area contributed by atoms with Crippen LogP contribution in [0.5, 0.6) is 0 Å². The third-order valence-electron chi connectivity index (χ3n) is 3.60. The number of anilines is 1. The van der Waals surface area contributed by atoms with Gasteiger partial charge >= 0.3 is 5.97 Å². The van der Waals surface area contributed by atoms with Gasteiger partial charge in [-0.15, -0.1) is 0 Å². The number of rotatable bonds is 7. The Morgan fingerprint density at radius 3 is 2.22 bits per heavy atom. The molecule has 0 aliphatic rings. The molecule has 8 nitrogen and oxygen atoms in total. The van der Waals surface area contributed by atoms with Crippen molar-refractivity contribution in [1.82, 2.24) is 4.31 Å². The highest BCUT2D eigenvalue weighted by Crippen LogP contribution is 2.17. The molecule has 0 saturated carbocycles. The van der Waals surface area contributed by atoms with Crippen molar-refractivity contribution in [3.8, 4) is 0 Å². The van der Waals surface area contributed by atoms with Gasteiger partial charge in [-0.05, 0) is 29.8 Å². The lowest BCUT2D eigenvalue weighted by molar-refractivity contribution is -0.156. The number of nitrogens with zero attached hydrogens (tertiary/aromatic N) is 1. The molecule has 2 rings (SSSR count). The zero-order valence-electron chi connectivity index (χ0n) is 14.8. The average Bonchev–Trinajstić information content (AvgIpc) is 2.66. The summed E-state index contributed by atoms with van der Waals surface area (Å²) in [7, 11) is -0.716. The van der Waals surface area contributed by atoms with Gasteiger partial charge in [0.1, 0.15) is 0 Å². The Kier molecular flexibility index (Phi) is 6.67. The van der Waals surface area contributed by atoms with Crippen molar-refractivity contribution in [3.05, 3.63) is 60.2 Å². The third kappa shape index (κ3) is 5.36. The van der Waals surface area contributed by atoms with E-state index in [9.17, 15) is 23.1 Å². The van der Waals surface area contributed by atoms with Gasteiger partial charge in [-0.3, -0.25) is 4.79 Å². The Morgan fingerprint density at radius 1 is 1.07 bits per heavy atom. The summed E-state index contributed by atoms with van der Waals surface area (Å²) in [5.41, 5.74) is 0.706. The smallest absolute Gasteiger partial charge is 0.340 e. The molecule has 0 spiro atoms. The number of ether oxygens (including phenoxy) is 1. The molecule has 0 bridgehead atoms. The summed E-state index contributed by atoms with van der Waals surface area (Å²) in [5, 5.41) is 12.4. The molecular weight excluding hydrogens is 372 g/mol. The first-order chi connectivity index (χ1) is 12.7. The van der Waals surface area contributed by atoms with Gasteiger partial charge in [0.25, 0.3) is 5.91 Å². The molecule has 1 amide bonds. The molecule has 0 unspecified atom stereocenters. The van der Waals surface area contributed by atoms with E-state index >= 15 is 0 Å². The van der Waals surface area contributed by atoms with Crippen LogP contribution in [-0.2, 0) is 24.3 Å². The maximum absolute atomic E-state index is 12.0. The number of sulfonamides is 1. The lowest BCUT2D eigenvalue weighted by Crippen LogP contribution is -2.24. The fraction of sp³-hybridized carbons (Fsp3) is 0.222. The molecule has 2 N–H and O–H groups in total. The quantitative estimate of drug-likeness (QED) is 0.684. The predicted molar refractivity (Wildman–Crippen MR) is 98.3 cm³/mol. The van der Waals surface area contributed by atoms with E-state index in [1.165, 1.54) is 38.4 Å². The van der Waals surface area contributed by atoms with Gasteiger partial charge in [-0.25, -0.2) is 17.5 Å². The van der Waals surface area contributed by atoms with Crippen molar-refractivity contribution in [2.24, 2.45) is 0 Å². The second-order valence-corrected chi connectivity index (χ2v) is 7.93. The van der Waals surface area contributed by atoms with Gasteiger partial charge in [0.2, 0.25) is 10.0 Å². The maximum atomic E-state index is 12.0. The Morgan fingerprint density at radius 2 is 1.67 bits per heavy atom. The SMILES string of the molecule is CN(C)S(=O)(=O)c1ccc(NC(=O)COC(=O)[C@@H](O)c2ccccc2)cc1. The highest BCUT2D eigenvalue weighted by Gasteiger charge is 2.20. The van der Waals surface area contributed by atoms with Crippen LogP contribution < -0.4 is 5.32 Å². The van der Waals surface area contributed by atoms with E-state index in [1.54, 1.807) is 30.3 Å². The van der Waals surface area contributed by atoms with Gasteiger partial charge in [-0.2, -0.15) is 0 Å². The van der Waals surface area contributed by atoms with Crippen LogP contribution in [0.4, 0.5) is 5.69 Å². The minimum Gasteiger partial charge on any atom is -0.453 e. The van der Waals surface area contributed by atoms with Crippen molar-refractivity contribution >= 4 is 27.6 Å². The molecule has 0 aliphatic heterocycles. The molecule has 0 aliphatic carbocycles. The van der Waals surface area contributed by atoms with Crippen molar-refractivity contribution in [2.75, 3.05) is 26.0 Å². The summed E-state index contributed by atoms with van der Waals surface area (Å²) in [6.45, 7) is -0.583. The number of hydrogen-bond donors (Lipinski definition) is 2. The molecule has 9 heteroatoms. The predicted octanol–water partition coefficient (Wildman–Crippen LogP) is 1.15. The Hall–Kier alpha value is -2.75. The van der Waals surface area contributed by atoms with Gasteiger partial charge in [0, 0.05) is 19.8 Å². The second kappa shape index (κ2) is 8.76. The van der Waals surface area contributed by atoms with Crippen molar-refractivity contribution in [2.45, 2.75) is 11.0 Å². The van der Waals surface area contributed by atoms with Crippen LogP contribution >= 0.6 is 0 Å². The molecule has 2 aromatic carbocycles. The van der Waals surface area contributed by atoms with Crippen LogP contribution in [0.2, 0.25) is 0 Å². The average molecular weight is 392 g/mol. The van der Waals surface area contributed by atoms with E-state index in [4.69, 9.17) is 4.74 Å². The van der Waals surface area contributed by atoms with Crippen LogP contribution in [0, 0.1) is 0 Å². The number of carbonyl (C=O) groups is 2. The molecule has 0 radical (unpaired) electrons. The zero-order valence-corrected chi connectivity index (χ0v) is 15.6. The van der Waals surface area contributed by atoms with Crippen molar-refractivity contribution < 1.29 is 27.9 Å². The van der Waals surface area contributed by atoms with Crippen LogP contribution in [-0.4, -0.2) is 50.4 Å². The molecule has 0 aromatic heterocycles. The number of benzene rings is 2. The van der Waals surface area contributed by atoms with Crippen LogP contribution in [0.3, 0.4) is 0 Å². The van der Waals surface area contributed by atoms with Gasteiger partial charge in [-0.1, -0.05) is 30.3 Å². The summed E-state index contributed by atoms with van der Waals surface area (Å²) in [6.07, 6.45) is -1.48. The number of aliphatic hydroxyl groups is 1. The highest BCUT2D eigenvalue weighted by molar-refractivity contribution is 7.89. The first-order valence-electron chi connectivity index (χ1n) is 7.94. The summed E-state index contributed by atoms with van der Waals surface area (Å²) in [6, 6.07) is 13.8. The van der Waals surface area contributed by atoms with Crippen LogP contribution in [0.25, 0.3) is 0 Å². The van der Waals surface area contributed by atoms with E-state index in [1.807, 2.05) is 0 Å². The first kappa shape index (κ1) is 20.6. The zero-order chi connectivity index (χ0) is 20.0. The van der Waals surface area contributed by atoms with E-state index < -0.39 is 34.6 Å². The van der Waals surface area contributed by atoms with Gasteiger partial charge in [0.15, 0.2) is 12.7 Å². The number of amides is 1. The molecule has 0 heterocycles. The van der Waals surface area contributed by atoms with E-state index in [2.05, 4.69) is 5.32 Å². The summed E-state index contributed by atoms with van der Waals surface area (Å²) < 4.78 is 29.8. The summed E-state index contributed by atoms with van der Waals surface area (Å²) in [5.74, 6) is -1.56. The normalized spacial score (nSPS) is 12.4. The molecule has 0 saturated heterocycles. The van der Waals surface area contributed by atoms with Crippen LogP contribution in [0.1, 0.15) is 11.7 Å². The molecular formula is C18H20N2O6S. The Balaban J connectivity index is 1.90. The van der Waals surface area contributed by atoms with Gasteiger partial charge in [0.05, 0.1) is 4.90 Å². The Labute approximate surface area is 157 Å². The standard InChI is InChI=1S/C18H20N2O6S/c1-20(2)27(24,25)15-10-8-14(9-11-15)19-16(21)12-26-18(23)17(22)13-6-4-3-5-7-13/h3-11,17,22H,12H2,1-2H3,(H,19,21)/t17-/m0/s1. The summed E-state index contributed by atoms with van der Waals surface area (Å²) in [4.78, 5) is 23.8. The number of carbonyl (C=O) groups excluding carboxylic acids is 2. The fourth-order valence-corrected chi connectivity index (χ4v) is 3.01. The molecule has 27 heavy (non-hydrogen) atoms. The maximum Gasteiger partial charge on any atom is 0.340 e. The minimum atomic E-state index is -3.56. The first-order valence-corrected chi connectivity index (χ1v) is 9.38. The monoisotopic (exact) mass is 392 g/mol. The number of esters is 1. The molecule has 0 fully saturated rings. The molecule has 1 atom stereocenters. The topological polar surface area (TPSA) is 113 Å². The van der Waals surface area contributed by atoms with Gasteiger partial charge < -0.3 is 15.2 Å². The number of nitrogens with one attached hydrogen (secondary N) is 1. The lowest BCUT2D eigenvalue weighted by atomic mass is 10.1. The minimum absolute atomic E-state index is 0.0860. The second-order valence-electron chi connectivity index (χ2n) is 5.78. The van der Waals surface area contributed by atoms with Crippen LogP contribution in [0.15, 0.2) is 59.5 Å². The summed E-state index contributed by atoms with van der Waals surface area (Å²) >= 11 is 0. The largest absolute Gasteiger partial charge is 0.453 e. The number of hydrogen-bond acceptors (Lipinski definition) is 6. The molecule has 144 valence electrons. The molecule has 2 aromatic rings. The fourth-order valence-electron chi connectivity index (χ4n) is 2.11. The van der Waals surface area contributed by atoms with Crippen molar-refractivity contribution in [1.29, 1.82) is 0 Å². The van der Waals surface area contributed by atoms with Crippen molar-refractivity contribution in [3.63, 3.8) is 0 Å². The van der Waals surface area contributed by atoms with E-state index in [0.717, 1.165) is 4.31 Å². The van der Waals surface area contributed by atoms with E-state index in [-0.39, 0.29) is 4.90 Å². The highest BCUT2D eigenvalue weighted by atomic mass is 32.2. The van der Waals surface area contributed by atoms with E-state index in [0.29, 0.717) is 11.3 Å².